The van der Waals surface area contributed by atoms with Gasteiger partial charge in [0.2, 0.25) is 0 Å². The minimum atomic E-state index is -0.261. The van der Waals surface area contributed by atoms with Crippen molar-refractivity contribution in [2.75, 3.05) is 19.8 Å². The summed E-state index contributed by atoms with van der Waals surface area (Å²) in [5.41, 5.74) is 8.36. The zero-order valence-electron chi connectivity index (χ0n) is 20.4. The van der Waals surface area contributed by atoms with Gasteiger partial charge in [-0.3, -0.25) is 4.90 Å². The summed E-state index contributed by atoms with van der Waals surface area (Å²) in [5.74, 6) is -0.261. The van der Waals surface area contributed by atoms with E-state index in [0.717, 1.165) is 24.2 Å². The van der Waals surface area contributed by atoms with E-state index in [4.69, 9.17) is 4.74 Å². The third-order valence-corrected chi connectivity index (χ3v) is 7.57. The van der Waals surface area contributed by atoms with Crippen molar-refractivity contribution in [1.82, 2.24) is 4.90 Å². The Morgan fingerprint density at radius 3 is 2.06 bits per heavy atom. The van der Waals surface area contributed by atoms with Crippen molar-refractivity contribution in [3.05, 3.63) is 76.4 Å². The Labute approximate surface area is 193 Å². The van der Waals surface area contributed by atoms with Gasteiger partial charge in [-0.2, -0.15) is 0 Å². The first-order chi connectivity index (χ1) is 15.1. The number of likely N-dealkylation sites (tertiary alicyclic amines) is 1. The van der Waals surface area contributed by atoms with Crippen LogP contribution in [0, 0.1) is 6.92 Å². The van der Waals surface area contributed by atoms with Crippen LogP contribution in [-0.2, 0) is 15.6 Å². The van der Waals surface area contributed by atoms with E-state index in [2.05, 4.69) is 58.2 Å². The topological polar surface area (TPSA) is 29.5 Å². The molecule has 0 spiro atoms. The number of rotatable bonds is 5. The Morgan fingerprint density at radius 2 is 1.47 bits per heavy atom. The second-order valence-electron chi connectivity index (χ2n) is 10.9. The highest BCUT2D eigenvalue weighted by Crippen LogP contribution is 2.47. The molecule has 1 aliphatic carbocycles. The molecule has 4 rings (SSSR count). The number of fused-ring (bicyclic) bond motifs is 1. The highest BCUT2D eigenvalue weighted by atomic mass is 16.5. The molecule has 1 aliphatic heterocycles. The van der Waals surface area contributed by atoms with Crippen LogP contribution in [0.5, 0.6) is 0 Å². The Bertz CT molecular complexity index is 1020. The lowest BCUT2D eigenvalue weighted by Gasteiger charge is -2.42. The molecule has 0 radical (unpaired) electrons. The molecule has 32 heavy (non-hydrogen) atoms. The number of ether oxygens (including phenoxy) is 1. The summed E-state index contributed by atoms with van der Waals surface area (Å²) in [6, 6.07) is 12.4. The van der Waals surface area contributed by atoms with E-state index in [1.165, 1.54) is 47.9 Å². The number of carbonyl (C=O) groups is 1. The van der Waals surface area contributed by atoms with Crippen molar-refractivity contribution < 1.29 is 9.53 Å². The lowest BCUT2D eigenvalue weighted by atomic mass is 9.62. The first-order valence-corrected chi connectivity index (χ1v) is 11.9. The van der Waals surface area contributed by atoms with Gasteiger partial charge < -0.3 is 4.74 Å². The summed E-state index contributed by atoms with van der Waals surface area (Å²) >= 11 is 0. The number of aryl methyl sites for hydroxylation is 1. The summed E-state index contributed by atoms with van der Waals surface area (Å²) in [5, 5.41) is 0. The highest BCUT2D eigenvalue weighted by Gasteiger charge is 2.37. The van der Waals surface area contributed by atoms with Crippen LogP contribution in [0.2, 0.25) is 0 Å². The van der Waals surface area contributed by atoms with E-state index in [9.17, 15) is 4.79 Å². The fourth-order valence-corrected chi connectivity index (χ4v) is 5.16. The van der Waals surface area contributed by atoms with Gasteiger partial charge in [0.05, 0.1) is 5.56 Å². The maximum absolute atomic E-state index is 12.4. The van der Waals surface area contributed by atoms with Crippen LogP contribution in [0.4, 0.5) is 0 Å². The number of hydrogen-bond acceptors (Lipinski definition) is 3. The fraction of sp³-hybridized carbons (Fsp3) is 0.483. The van der Waals surface area contributed by atoms with Gasteiger partial charge in [-0.15, -0.1) is 0 Å². The van der Waals surface area contributed by atoms with Gasteiger partial charge >= 0.3 is 5.97 Å². The van der Waals surface area contributed by atoms with Gasteiger partial charge in [0, 0.05) is 13.1 Å². The molecule has 0 bridgehead atoms. The number of hydrogen-bond donors (Lipinski definition) is 0. The number of carbonyl (C=O) groups excluding carboxylic acids is 1. The minimum Gasteiger partial charge on any atom is -0.446 e. The quantitative estimate of drug-likeness (QED) is 0.499. The fourth-order valence-electron chi connectivity index (χ4n) is 5.16. The molecule has 0 atom stereocenters. The van der Waals surface area contributed by atoms with Crippen LogP contribution < -0.4 is 0 Å². The molecule has 1 saturated heterocycles. The van der Waals surface area contributed by atoms with Crippen molar-refractivity contribution >= 4 is 11.5 Å². The monoisotopic (exact) mass is 431 g/mol. The number of esters is 1. The Balaban J connectivity index is 1.55. The largest absolute Gasteiger partial charge is 0.446 e. The Kier molecular flexibility index (Phi) is 6.06. The maximum Gasteiger partial charge on any atom is 0.339 e. The second kappa shape index (κ2) is 8.51. The van der Waals surface area contributed by atoms with E-state index >= 15 is 0 Å². The van der Waals surface area contributed by atoms with Crippen molar-refractivity contribution in [3.63, 3.8) is 0 Å². The molecular weight excluding hydrogens is 394 g/mol. The summed E-state index contributed by atoms with van der Waals surface area (Å²) in [6.45, 7) is 18.4. The predicted molar refractivity (Wildman–Crippen MR) is 132 cm³/mol. The van der Waals surface area contributed by atoms with Crippen molar-refractivity contribution in [3.8, 4) is 0 Å². The van der Waals surface area contributed by atoms with E-state index in [-0.39, 0.29) is 16.8 Å². The van der Waals surface area contributed by atoms with Crippen LogP contribution in [0.1, 0.15) is 91.6 Å². The molecule has 1 heterocycles. The Morgan fingerprint density at radius 1 is 0.938 bits per heavy atom. The molecule has 0 saturated carbocycles. The molecule has 0 aromatic heterocycles. The molecule has 2 aromatic rings. The average molecular weight is 432 g/mol. The summed E-state index contributed by atoms with van der Waals surface area (Å²) in [6.07, 6.45) is 4.77. The van der Waals surface area contributed by atoms with Crippen molar-refractivity contribution in [2.24, 2.45) is 0 Å². The molecule has 0 N–H and O–H groups in total. The van der Waals surface area contributed by atoms with Crippen LogP contribution in [0.25, 0.3) is 5.57 Å². The van der Waals surface area contributed by atoms with Crippen LogP contribution in [0.15, 0.2) is 43.0 Å². The average Bonchev–Trinajstić information content (AvgIpc) is 3.28. The van der Waals surface area contributed by atoms with Gasteiger partial charge in [-0.05, 0) is 89.0 Å². The second-order valence-corrected chi connectivity index (χ2v) is 10.9. The molecule has 170 valence electrons. The van der Waals surface area contributed by atoms with Gasteiger partial charge in [0.15, 0.2) is 0 Å². The molecule has 3 heteroatoms. The molecule has 2 aliphatic rings. The number of benzene rings is 2. The first-order valence-electron chi connectivity index (χ1n) is 11.9. The SMILES string of the molecule is C=C(c1ccc(C(=O)OCN2CCCC2)cc1)c1cc2c(cc1C)C(C)(C)CCC2(C)C. The smallest absolute Gasteiger partial charge is 0.339 e. The van der Waals surface area contributed by atoms with Gasteiger partial charge in [-0.25, -0.2) is 4.79 Å². The van der Waals surface area contributed by atoms with Crippen LogP contribution in [0.3, 0.4) is 0 Å². The molecule has 2 aromatic carbocycles. The van der Waals surface area contributed by atoms with Gasteiger partial charge in [-0.1, -0.05) is 58.5 Å². The maximum atomic E-state index is 12.4. The van der Waals surface area contributed by atoms with Crippen LogP contribution >= 0.6 is 0 Å². The highest BCUT2D eigenvalue weighted by molar-refractivity contribution is 5.90. The standard InChI is InChI=1S/C29H37NO2/c1-20-17-25-26(29(5,6)14-13-28(25,3)4)18-24(20)21(2)22-9-11-23(12-10-22)27(31)32-19-30-15-7-8-16-30/h9-12,17-18H,2,7-8,13-16,19H2,1,3-6H3. The van der Waals surface area contributed by atoms with Crippen molar-refractivity contribution in [2.45, 2.75) is 71.1 Å². The van der Waals surface area contributed by atoms with Crippen LogP contribution in [-0.4, -0.2) is 30.7 Å². The first kappa shape index (κ1) is 22.8. The van der Waals surface area contributed by atoms with Gasteiger partial charge in [0.25, 0.3) is 0 Å². The lowest BCUT2D eigenvalue weighted by molar-refractivity contribution is 0.0269. The predicted octanol–water partition coefficient (Wildman–Crippen LogP) is 6.62. The third kappa shape index (κ3) is 4.41. The molecular formula is C29H37NO2. The minimum absolute atomic E-state index is 0.163. The van der Waals surface area contributed by atoms with E-state index in [0.29, 0.717) is 12.3 Å². The number of nitrogens with zero attached hydrogens (tertiary/aromatic N) is 1. The molecule has 0 unspecified atom stereocenters. The van der Waals surface area contributed by atoms with E-state index < -0.39 is 0 Å². The Hall–Kier alpha value is -2.39. The third-order valence-electron chi connectivity index (χ3n) is 7.57. The normalized spacial score (nSPS) is 19.4. The van der Waals surface area contributed by atoms with E-state index in [1.807, 2.05) is 24.3 Å². The molecule has 1 fully saturated rings. The zero-order valence-corrected chi connectivity index (χ0v) is 20.4. The lowest BCUT2D eigenvalue weighted by Crippen LogP contribution is -2.34. The molecule has 3 nitrogen and oxygen atoms in total. The summed E-state index contributed by atoms with van der Waals surface area (Å²) < 4.78 is 5.49. The summed E-state index contributed by atoms with van der Waals surface area (Å²) in [4.78, 5) is 14.6. The van der Waals surface area contributed by atoms with E-state index in [1.54, 1.807) is 0 Å². The zero-order chi connectivity index (χ0) is 23.1. The van der Waals surface area contributed by atoms with Crippen molar-refractivity contribution in [1.29, 1.82) is 0 Å². The van der Waals surface area contributed by atoms with Gasteiger partial charge in [0.1, 0.15) is 6.73 Å². The summed E-state index contributed by atoms with van der Waals surface area (Å²) in [7, 11) is 0. The molecule has 0 amide bonds.